The summed E-state index contributed by atoms with van der Waals surface area (Å²) in [6, 6.07) is 5.36. The standard InChI is InChI=1S/C38H59N5O8/c1-24(2)32(42-30(45)14-10-9-11-20-43-31(46)22-28(34(43)48)37(3,4)5)29(44)21-26(13-12-19-40-36(39)50)33(47)41-27-17-15-25(16-18-27)23-51-35(49)38(6,7)8/h15-18,24,26,28,32H,9-14,19-23H2,1-8H3,(H,41,47)(H,42,45)(H3,39,40,50)/t26-,28?,32+/m0/s1. The predicted molar refractivity (Wildman–Crippen MR) is 194 cm³/mol. The molecule has 1 saturated heterocycles. The van der Waals surface area contributed by atoms with Crippen molar-refractivity contribution < 1.29 is 38.3 Å². The van der Waals surface area contributed by atoms with Crippen molar-refractivity contribution in [2.75, 3.05) is 18.4 Å². The van der Waals surface area contributed by atoms with Crippen molar-refractivity contribution in [3.63, 3.8) is 0 Å². The molecule has 0 bridgehead atoms. The minimum Gasteiger partial charge on any atom is -0.460 e. The van der Waals surface area contributed by atoms with Crippen LogP contribution in [0.2, 0.25) is 0 Å². The summed E-state index contributed by atoms with van der Waals surface area (Å²) in [5.41, 5.74) is 5.51. The Morgan fingerprint density at radius 3 is 2.14 bits per heavy atom. The van der Waals surface area contributed by atoms with Gasteiger partial charge in [-0.15, -0.1) is 0 Å². The van der Waals surface area contributed by atoms with Gasteiger partial charge in [0.2, 0.25) is 23.6 Å². The molecule has 5 N–H and O–H groups in total. The molecular formula is C38H59N5O8. The molecule has 0 aliphatic carbocycles. The van der Waals surface area contributed by atoms with Gasteiger partial charge in [-0.1, -0.05) is 53.2 Å². The van der Waals surface area contributed by atoms with Gasteiger partial charge in [0.15, 0.2) is 5.78 Å². The number of imide groups is 1. The summed E-state index contributed by atoms with van der Waals surface area (Å²) in [4.78, 5) is 89.6. The third-order valence-electron chi connectivity index (χ3n) is 8.96. The zero-order chi connectivity index (χ0) is 38.5. The summed E-state index contributed by atoms with van der Waals surface area (Å²) >= 11 is 0. The lowest BCUT2D eigenvalue weighted by Crippen LogP contribution is -2.45. The zero-order valence-corrected chi connectivity index (χ0v) is 31.7. The molecular weight excluding hydrogens is 654 g/mol. The average molecular weight is 714 g/mol. The van der Waals surface area contributed by atoms with Gasteiger partial charge in [0.25, 0.3) is 0 Å². The van der Waals surface area contributed by atoms with Gasteiger partial charge in [-0.25, -0.2) is 4.79 Å². The first kappa shape index (κ1) is 42.9. The zero-order valence-electron chi connectivity index (χ0n) is 31.7. The molecule has 51 heavy (non-hydrogen) atoms. The van der Waals surface area contributed by atoms with E-state index in [0.29, 0.717) is 37.9 Å². The fraction of sp³-hybridized carbons (Fsp3) is 0.658. The highest BCUT2D eigenvalue weighted by molar-refractivity contribution is 6.04. The fourth-order valence-corrected chi connectivity index (χ4v) is 5.74. The molecule has 0 radical (unpaired) electrons. The number of carbonyl (C=O) groups excluding carboxylic acids is 7. The summed E-state index contributed by atoms with van der Waals surface area (Å²) in [5, 5.41) is 8.20. The normalized spacial score (nSPS) is 16.1. The molecule has 1 heterocycles. The molecule has 1 fully saturated rings. The van der Waals surface area contributed by atoms with Crippen LogP contribution < -0.4 is 21.7 Å². The molecule has 2 rings (SSSR count). The summed E-state index contributed by atoms with van der Waals surface area (Å²) in [6.45, 7) is 15.5. The van der Waals surface area contributed by atoms with Crippen LogP contribution in [0.5, 0.6) is 0 Å². The van der Waals surface area contributed by atoms with Gasteiger partial charge in [-0.05, 0) is 75.5 Å². The molecule has 13 heteroatoms. The van der Waals surface area contributed by atoms with E-state index in [-0.39, 0.29) is 91.5 Å². The van der Waals surface area contributed by atoms with E-state index in [4.69, 9.17) is 10.5 Å². The molecule has 0 aromatic heterocycles. The number of anilines is 1. The van der Waals surface area contributed by atoms with E-state index in [1.165, 1.54) is 4.90 Å². The lowest BCUT2D eigenvalue weighted by molar-refractivity contribution is -0.154. The number of amides is 6. The number of nitrogens with zero attached hydrogens (tertiary/aromatic N) is 1. The summed E-state index contributed by atoms with van der Waals surface area (Å²) in [5.74, 6) is -2.85. The molecule has 1 unspecified atom stereocenters. The topological polar surface area (TPSA) is 194 Å². The monoisotopic (exact) mass is 713 g/mol. The Balaban J connectivity index is 1.95. The van der Waals surface area contributed by atoms with Gasteiger partial charge in [0.1, 0.15) is 6.61 Å². The number of Topliss-reactive ketones (excluding diaryl/α,β-unsaturated/α-hetero) is 1. The first-order valence-electron chi connectivity index (χ1n) is 18.0. The number of nitrogens with one attached hydrogen (secondary N) is 3. The minimum atomic E-state index is -0.805. The quantitative estimate of drug-likeness (QED) is 0.0887. The number of likely N-dealkylation sites (tertiary alicyclic amines) is 1. The maximum atomic E-state index is 13.6. The number of rotatable bonds is 19. The Morgan fingerprint density at radius 1 is 0.941 bits per heavy atom. The van der Waals surface area contributed by atoms with Gasteiger partial charge in [0, 0.05) is 44.0 Å². The molecule has 284 valence electrons. The Morgan fingerprint density at radius 2 is 1.59 bits per heavy atom. The van der Waals surface area contributed by atoms with Gasteiger partial charge in [0.05, 0.1) is 17.4 Å². The van der Waals surface area contributed by atoms with Crippen LogP contribution in [-0.2, 0) is 40.1 Å². The highest BCUT2D eigenvalue weighted by Crippen LogP contribution is 2.35. The van der Waals surface area contributed by atoms with Crippen molar-refractivity contribution >= 4 is 47.1 Å². The average Bonchev–Trinajstić information content (AvgIpc) is 3.32. The van der Waals surface area contributed by atoms with Gasteiger partial charge in [-0.2, -0.15) is 0 Å². The number of ether oxygens (including phenoxy) is 1. The number of esters is 1. The van der Waals surface area contributed by atoms with Crippen LogP contribution in [0.25, 0.3) is 0 Å². The van der Waals surface area contributed by atoms with E-state index in [9.17, 15) is 33.6 Å². The minimum absolute atomic E-state index is 0.0926. The predicted octanol–water partition coefficient (Wildman–Crippen LogP) is 4.86. The number of hydrogen-bond donors (Lipinski definition) is 4. The molecule has 13 nitrogen and oxygen atoms in total. The van der Waals surface area contributed by atoms with E-state index in [2.05, 4.69) is 16.0 Å². The molecule has 6 amide bonds. The van der Waals surface area contributed by atoms with Crippen molar-refractivity contribution in [2.24, 2.45) is 34.3 Å². The van der Waals surface area contributed by atoms with E-state index in [1.807, 2.05) is 34.6 Å². The van der Waals surface area contributed by atoms with Crippen LogP contribution in [-0.4, -0.2) is 65.4 Å². The number of primary amides is 1. The molecule has 3 atom stereocenters. The third-order valence-corrected chi connectivity index (χ3v) is 8.96. The number of urea groups is 1. The number of unbranched alkanes of at least 4 members (excludes halogenated alkanes) is 2. The fourth-order valence-electron chi connectivity index (χ4n) is 5.74. The maximum Gasteiger partial charge on any atom is 0.312 e. The third kappa shape index (κ3) is 14.5. The lowest BCUT2D eigenvalue weighted by atomic mass is 9.80. The number of carbonyl (C=O) groups is 7. The second-order valence-electron chi connectivity index (χ2n) is 15.9. The number of hydrogen-bond acceptors (Lipinski definition) is 8. The van der Waals surface area contributed by atoms with Crippen LogP contribution in [0.3, 0.4) is 0 Å². The van der Waals surface area contributed by atoms with Crippen molar-refractivity contribution in [1.29, 1.82) is 0 Å². The molecule has 0 spiro atoms. The van der Waals surface area contributed by atoms with Gasteiger partial charge < -0.3 is 26.4 Å². The van der Waals surface area contributed by atoms with Crippen LogP contribution >= 0.6 is 0 Å². The second kappa shape index (κ2) is 19.4. The van der Waals surface area contributed by atoms with E-state index < -0.39 is 23.4 Å². The van der Waals surface area contributed by atoms with Crippen molar-refractivity contribution in [1.82, 2.24) is 15.5 Å². The second-order valence-corrected chi connectivity index (χ2v) is 15.9. The van der Waals surface area contributed by atoms with Crippen molar-refractivity contribution in [3.8, 4) is 0 Å². The Kier molecular flexibility index (Phi) is 16.3. The van der Waals surface area contributed by atoms with E-state index in [1.54, 1.807) is 45.0 Å². The molecule has 0 saturated carbocycles. The van der Waals surface area contributed by atoms with Crippen molar-refractivity contribution in [2.45, 2.75) is 119 Å². The number of nitrogens with two attached hydrogens (primary N) is 1. The SMILES string of the molecule is CC(C)[C@@H](NC(=O)CCCCCN1C(=O)CC(C(C)(C)C)C1=O)C(=O)C[C@H](CCCNC(N)=O)C(=O)Nc1ccc(COC(=O)C(C)(C)C)cc1. The molecule has 1 aromatic carbocycles. The molecule has 1 aliphatic heterocycles. The van der Waals surface area contributed by atoms with Crippen LogP contribution in [0, 0.1) is 28.6 Å². The van der Waals surface area contributed by atoms with Crippen molar-refractivity contribution in [3.05, 3.63) is 29.8 Å². The van der Waals surface area contributed by atoms with Crippen LogP contribution in [0.1, 0.15) is 112 Å². The largest absolute Gasteiger partial charge is 0.460 e. The summed E-state index contributed by atoms with van der Waals surface area (Å²) < 4.78 is 5.35. The smallest absolute Gasteiger partial charge is 0.312 e. The highest BCUT2D eigenvalue weighted by Gasteiger charge is 2.44. The molecule has 1 aromatic rings. The number of benzene rings is 1. The Bertz CT molecular complexity index is 1390. The molecule has 1 aliphatic rings. The first-order chi connectivity index (χ1) is 23.7. The maximum absolute atomic E-state index is 13.6. The van der Waals surface area contributed by atoms with E-state index >= 15 is 0 Å². The van der Waals surface area contributed by atoms with Crippen LogP contribution in [0.15, 0.2) is 24.3 Å². The first-order valence-corrected chi connectivity index (χ1v) is 18.0. The van der Waals surface area contributed by atoms with Gasteiger partial charge >= 0.3 is 12.0 Å². The van der Waals surface area contributed by atoms with E-state index in [0.717, 1.165) is 5.56 Å². The Hall–Kier alpha value is -4.29. The van der Waals surface area contributed by atoms with Crippen LogP contribution in [0.4, 0.5) is 10.5 Å². The van der Waals surface area contributed by atoms with Gasteiger partial charge in [-0.3, -0.25) is 33.7 Å². The Labute approximate surface area is 302 Å². The summed E-state index contributed by atoms with van der Waals surface area (Å²) in [7, 11) is 0. The lowest BCUT2D eigenvalue weighted by Gasteiger charge is -2.25. The number of ketones is 1. The highest BCUT2D eigenvalue weighted by atomic mass is 16.5. The summed E-state index contributed by atoms with van der Waals surface area (Å²) in [6.07, 6.45) is 2.72.